The van der Waals surface area contributed by atoms with Crippen LogP contribution >= 0.6 is 0 Å². The second kappa shape index (κ2) is 12.2. The van der Waals surface area contributed by atoms with Gasteiger partial charge in [0.05, 0.1) is 17.0 Å². The number of hydrogen-bond donors (Lipinski definition) is 1. The summed E-state index contributed by atoms with van der Waals surface area (Å²) >= 11 is 0. The summed E-state index contributed by atoms with van der Waals surface area (Å²) < 4.78 is 5.57. The van der Waals surface area contributed by atoms with Crippen molar-refractivity contribution in [1.82, 2.24) is 10.2 Å². The molecule has 186 valence electrons. The lowest BCUT2D eigenvalue weighted by Crippen LogP contribution is -2.46. The summed E-state index contributed by atoms with van der Waals surface area (Å²) in [6.45, 7) is 3.82. The molecule has 1 aliphatic heterocycles. The summed E-state index contributed by atoms with van der Waals surface area (Å²) in [7, 11) is 0. The van der Waals surface area contributed by atoms with Crippen LogP contribution in [-0.2, 0) is 14.3 Å². The molecule has 9 nitrogen and oxygen atoms in total. The van der Waals surface area contributed by atoms with Crippen molar-refractivity contribution in [1.29, 1.82) is 0 Å². The normalized spacial score (nSPS) is 22.7. The van der Waals surface area contributed by atoms with E-state index in [0.29, 0.717) is 12.8 Å². The second-order valence-electron chi connectivity index (χ2n) is 8.99. The van der Waals surface area contributed by atoms with Crippen LogP contribution in [-0.4, -0.2) is 52.3 Å². The van der Waals surface area contributed by atoms with E-state index in [1.165, 1.54) is 29.2 Å². The molecule has 1 aromatic rings. The Balaban J connectivity index is 1.60. The number of carbonyl (C=O) groups is 3. The number of terminal acetylenes is 1. The van der Waals surface area contributed by atoms with Crippen LogP contribution in [0.3, 0.4) is 0 Å². The van der Waals surface area contributed by atoms with Gasteiger partial charge in [0.15, 0.2) is 0 Å². The molecule has 35 heavy (non-hydrogen) atoms. The van der Waals surface area contributed by atoms with E-state index in [1.54, 1.807) is 0 Å². The fourth-order valence-electron chi connectivity index (χ4n) is 4.23. The van der Waals surface area contributed by atoms with Crippen molar-refractivity contribution in [3.05, 3.63) is 52.6 Å². The van der Waals surface area contributed by atoms with Gasteiger partial charge in [-0.25, -0.2) is 4.79 Å². The Hall–Kier alpha value is -3.67. The molecule has 2 aliphatic rings. The van der Waals surface area contributed by atoms with Gasteiger partial charge >= 0.3 is 5.97 Å². The minimum Gasteiger partial charge on any atom is -0.457 e. The molecular weight excluding hydrogens is 450 g/mol. The lowest BCUT2D eigenvalue weighted by Gasteiger charge is -2.23. The van der Waals surface area contributed by atoms with Gasteiger partial charge in [0, 0.05) is 36.9 Å². The number of nitrogens with zero attached hydrogens (tertiary/aromatic N) is 2. The predicted molar refractivity (Wildman–Crippen MR) is 129 cm³/mol. The fourth-order valence-corrected chi connectivity index (χ4v) is 4.23. The van der Waals surface area contributed by atoms with Crippen molar-refractivity contribution >= 4 is 23.5 Å². The maximum atomic E-state index is 13.0. The molecular formula is C26H31N3O6. The zero-order valence-corrected chi connectivity index (χ0v) is 19.7. The number of amides is 2. The van der Waals surface area contributed by atoms with Gasteiger partial charge in [-0.1, -0.05) is 18.9 Å². The highest BCUT2D eigenvalue weighted by molar-refractivity contribution is 5.91. The zero-order valence-electron chi connectivity index (χ0n) is 19.7. The van der Waals surface area contributed by atoms with E-state index in [1.807, 2.05) is 6.08 Å². The van der Waals surface area contributed by atoms with E-state index in [2.05, 4.69) is 17.8 Å². The summed E-state index contributed by atoms with van der Waals surface area (Å²) in [6.07, 6.45) is 12.5. The molecule has 0 bridgehead atoms. The molecule has 1 saturated carbocycles. The Kier molecular flexibility index (Phi) is 9.01. The minimum absolute atomic E-state index is 0.0100. The number of hydrogen-bond acceptors (Lipinski definition) is 6. The van der Waals surface area contributed by atoms with Crippen LogP contribution in [0.15, 0.2) is 36.9 Å². The first-order valence-corrected chi connectivity index (χ1v) is 12.0. The minimum atomic E-state index is -0.739. The van der Waals surface area contributed by atoms with Gasteiger partial charge < -0.3 is 15.0 Å². The molecule has 1 saturated heterocycles. The molecule has 4 atom stereocenters. The smallest absolute Gasteiger partial charge is 0.338 e. The molecule has 2 fully saturated rings. The predicted octanol–water partition coefficient (Wildman–Crippen LogP) is 3.39. The fraction of sp³-hybridized carbons (Fsp3) is 0.500. The average Bonchev–Trinajstić information content (AvgIpc) is 3.46. The first-order chi connectivity index (χ1) is 16.8. The van der Waals surface area contributed by atoms with Gasteiger partial charge in [-0.05, 0) is 37.8 Å². The van der Waals surface area contributed by atoms with Crippen LogP contribution in [0.5, 0.6) is 0 Å². The van der Waals surface area contributed by atoms with Crippen LogP contribution in [0.1, 0.15) is 61.7 Å². The average molecular weight is 482 g/mol. The largest absolute Gasteiger partial charge is 0.457 e. The molecule has 0 radical (unpaired) electrons. The van der Waals surface area contributed by atoms with Gasteiger partial charge in [0.1, 0.15) is 12.1 Å². The monoisotopic (exact) mass is 481 g/mol. The summed E-state index contributed by atoms with van der Waals surface area (Å²) in [4.78, 5) is 50.2. The molecule has 3 rings (SSSR count). The first kappa shape index (κ1) is 25.9. The number of esters is 1. The third kappa shape index (κ3) is 7.15. The Morgan fingerprint density at radius 2 is 1.91 bits per heavy atom. The number of unbranched alkanes of at least 4 members (excludes halogenated alkanes) is 4. The Labute approximate surface area is 205 Å². The number of nitro benzene ring substituents is 1. The Morgan fingerprint density at radius 1 is 1.20 bits per heavy atom. The second-order valence-corrected chi connectivity index (χ2v) is 8.99. The van der Waals surface area contributed by atoms with E-state index >= 15 is 0 Å². The number of non-ortho nitro benzene ring substituents is 1. The van der Waals surface area contributed by atoms with Crippen molar-refractivity contribution in [2.45, 2.75) is 69.6 Å². The summed E-state index contributed by atoms with van der Waals surface area (Å²) in [5.41, 5.74) is 0.0292. The standard InChI is InChI=1S/C26H31N3O6/c1-3-5-6-7-8-9-10-24(30)28-17-21(16-23(28)25(31)27-22-15-18(22)4-2)35-26(32)19-11-13-20(14-12-19)29(33)34/h2-3,11-14,18,21-23H,1,5-10,15-17H2,(H,27,31)/t18-,21-,22-,23+/m1/s1. The number of rotatable bonds is 12. The van der Waals surface area contributed by atoms with Crippen LogP contribution in [0.4, 0.5) is 5.69 Å². The van der Waals surface area contributed by atoms with E-state index in [0.717, 1.165) is 32.1 Å². The summed E-state index contributed by atoms with van der Waals surface area (Å²) in [5, 5.41) is 13.7. The Morgan fingerprint density at radius 3 is 2.54 bits per heavy atom. The first-order valence-electron chi connectivity index (χ1n) is 12.0. The van der Waals surface area contributed by atoms with Crippen LogP contribution < -0.4 is 5.32 Å². The quantitative estimate of drug-likeness (QED) is 0.122. The van der Waals surface area contributed by atoms with Crippen molar-refractivity contribution in [3.8, 4) is 12.3 Å². The number of ether oxygens (including phenoxy) is 1. The maximum Gasteiger partial charge on any atom is 0.338 e. The van der Waals surface area contributed by atoms with Gasteiger partial charge in [0.2, 0.25) is 11.8 Å². The molecule has 0 aromatic heterocycles. The van der Waals surface area contributed by atoms with Gasteiger partial charge in [-0.15, -0.1) is 18.9 Å². The van der Waals surface area contributed by atoms with Gasteiger partial charge in [0.25, 0.3) is 5.69 Å². The van der Waals surface area contributed by atoms with Gasteiger partial charge in [-0.2, -0.15) is 0 Å². The third-order valence-corrected chi connectivity index (χ3v) is 6.35. The highest BCUT2D eigenvalue weighted by atomic mass is 16.6. The lowest BCUT2D eigenvalue weighted by molar-refractivity contribution is -0.384. The molecule has 0 spiro atoms. The highest BCUT2D eigenvalue weighted by Crippen LogP contribution is 2.30. The number of carbonyl (C=O) groups excluding carboxylic acids is 3. The zero-order chi connectivity index (χ0) is 25.4. The van der Waals surface area contributed by atoms with Crippen molar-refractivity contribution < 1.29 is 24.0 Å². The molecule has 1 aromatic carbocycles. The van der Waals surface area contributed by atoms with E-state index in [-0.39, 0.29) is 48.0 Å². The van der Waals surface area contributed by atoms with E-state index in [9.17, 15) is 24.5 Å². The van der Waals surface area contributed by atoms with E-state index in [4.69, 9.17) is 11.2 Å². The van der Waals surface area contributed by atoms with Crippen LogP contribution in [0.2, 0.25) is 0 Å². The third-order valence-electron chi connectivity index (χ3n) is 6.35. The van der Waals surface area contributed by atoms with Crippen molar-refractivity contribution in [3.63, 3.8) is 0 Å². The topological polar surface area (TPSA) is 119 Å². The Bertz CT molecular complexity index is 999. The van der Waals surface area contributed by atoms with Crippen LogP contribution in [0.25, 0.3) is 0 Å². The maximum absolute atomic E-state index is 13.0. The summed E-state index contributed by atoms with van der Waals surface area (Å²) in [5.74, 6) is 1.53. The van der Waals surface area contributed by atoms with Gasteiger partial charge in [-0.3, -0.25) is 19.7 Å². The number of likely N-dealkylation sites (tertiary alicyclic amines) is 1. The number of allylic oxidation sites excluding steroid dienone is 1. The number of nitrogens with one attached hydrogen (secondary N) is 1. The lowest BCUT2D eigenvalue weighted by atomic mass is 10.1. The van der Waals surface area contributed by atoms with Crippen molar-refractivity contribution in [2.75, 3.05) is 6.54 Å². The molecule has 2 amide bonds. The molecule has 0 unspecified atom stereocenters. The number of nitro groups is 1. The number of benzene rings is 1. The highest BCUT2D eigenvalue weighted by Gasteiger charge is 2.44. The molecule has 1 heterocycles. The van der Waals surface area contributed by atoms with Crippen LogP contribution in [0, 0.1) is 28.4 Å². The molecule has 1 N–H and O–H groups in total. The van der Waals surface area contributed by atoms with E-state index < -0.39 is 23.0 Å². The molecule has 1 aliphatic carbocycles. The van der Waals surface area contributed by atoms with Crippen molar-refractivity contribution in [2.24, 2.45) is 5.92 Å². The molecule has 9 heteroatoms. The summed E-state index contributed by atoms with van der Waals surface area (Å²) in [6, 6.07) is 4.27. The SMILES string of the molecule is C#C[C@@H]1C[C@H]1NC(=O)[C@@H]1C[C@@H](OC(=O)c2ccc([N+](=O)[O-])cc2)CN1C(=O)CCCCCCC=C.